The molecule has 3 aliphatic rings. The largest absolute Gasteiger partial charge is 0.496 e. The van der Waals surface area contributed by atoms with E-state index in [1.165, 1.54) is 44.3 Å². The second-order valence-corrected chi connectivity index (χ2v) is 18.4. The van der Waals surface area contributed by atoms with Crippen molar-refractivity contribution in [1.29, 1.82) is 0 Å². The lowest BCUT2D eigenvalue weighted by molar-refractivity contribution is -0.173. The smallest absolute Gasteiger partial charge is 0.471 e. The highest BCUT2D eigenvalue weighted by Crippen LogP contribution is 2.39. The number of amides is 1. The van der Waals surface area contributed by atoms with Crippen LogP contribution < -0.4 is 45.0 Å². The van der Waals surface area contributed by atoms with E-state index in [0.717, 1.165) is 63.8 Å². The highest BCUT2D eigenvalue weighted by atomic mass is 19.4. The van der Waals surface area contributed by atoms with Gasteiger partial charge in [0.05, 0.1) is 82.4 Å². The van der Waals surface area contributed by atoms with Gasteiger partial charge in [0.2, 0.25) is 0 Å². The van der Waals surface area contributed by atoms with Crippen molar-refractivity contribution in [3.05, 3.63) is 167 Å². The van der Waals surface area contributed by atoms with Crippen LogP contribution in [0.4, 0.5) is 48.1 Å². The monoisotopic (exact) mass is 1160 g/mol. The van der Waals surface area contributed by atoms with Gasteiger partial charge in [-0.3, -0.25) is 19.8 Å². The number of benzene rings is 3. The van der Waals surface area contributed by atoms with Crippen molar-refractivity contribution in [2.75, 3.05) is 63.0 Å². The van der Waals surface area contributed by atoms with Crippen molar-refractivity contribution in [2.24, 2.45) is 15.0 Å². The lowest BCUT2D eigenvalue weighted by atomic mass is 10.0. The minimum atomic E-state index is -4.91. The number of carbonyl (C=O) groups excluding carboxylic acids is 1. The van der Waals surface area contributed by atoms with Gasteiger partial charge in [-0.25, -0.2) is 15.0 Å². The van der Waals surface area contributed by atoms with E-state index < -0.39 is 12.1 Å². The van der Waals surface area contributed by atoms with Crippen molar-refractivity contribution < 1.29 is 41.7 Å². The molecule has 3 aromatic carbocycles. The van der Waals surface area contributed by atoms with Crippen LogP contribution in [0.15, 0.2) is 131 Å². The van der Waals surface area contributed by atoms with Gasteiger partial charge in [0.1, 0.15) is 46.3 Å². The van der Waals surface area contributed by atoms with Gasteiger partial charge >= 0.3 is 12.1 Å². The number of nitrogens with one attached hydrogen (secondary N) is 4. The number of hydrogen-bond donors (Lipinski definition) is 4. The molecule has 6 heterocycles. The van der Waals surface area contributed by atoms with Gasteiger partial charge in [0, 0.05) is 6.54 Å². The summed E-state index contributed by atoms with van der Waals surface area (Å²) in [6.45, 7) is 30.4. The third-order valence-electron chi connectivity index (χ3n) is 12.4. The first-order valence-electron chi connectivity index (χ1n) is 26.5. The van der Waals surface area contributed by atoms with Gasteiger partial charge in [0.25, 0.3) is 17.5 Å². The van der Waals surface area contributed by atoms with Crippen molar-refractivity contribution in [3.63, 3.8) is 0 Å². The summed E-state index contributed by atoms with van der Waals surface area (Å²) in [7, 11) is 3.16. The van der Waals surface area contributed by atoms with Crippen LogP contribution in [0, 0.1) is 19.7 Å². The number of anilines is 3. The number of aromatic nitrogens is 6. The molecule has 436 valence electrons. The number of hydrogen-bond acceptors (Lipinski definition) is 18. The van der Waals surface area contributed by atoms with Gasteiger partial charge in [-0.2, -0.15) is 13.2 Å². The summed E-state index contributed by atoms with van der Waals surface area (Å²) in [4.78, 5) is 58.3. The normalized spacial score (nSPS) is 13.7. The molecule has 0 saturated carbocycles. The zero-order chi connectivity index (χ0) is 60.7. The third-order valence-corrected chi connectivity index (χ3v) is 12.4. The molecule has 85 heavy (non-hydrogen) atoms. The average molecular weight is 1160 g/mol. The van der Waals surface area contributed by atoms with Gasteiger partial charge in [-0.1, -0.05) is 57.8 Å². The maximum atomic E-state index is 12.2. The Balaban J connectivity index is 0.000000185. The minimum absolute atomic E-state index is 0.0839. The molecule has 0 saturated heterocycles. The van der Waals surface area contributed by atoms with Crippen LogP contribution in [-0.4, -0.2) is 119 Å². The number of methoxy groups -OCH3 is 2. The highest BCUT2D eigenvalue weighted by Gasteiger charge is 2.38. The molecule has 4 N–H and O–H groups in total. The van der Waals surface area contributed by atoms with E-state index in [0.29, 0.717) is 65.8 Å². The molecule has 9 rings (SSSR count). The first-order chi connectivity index (χ1) is 41.1. The fourth-order valence-electron chi connectivity index (χ4n) is 7.84. The summed E-state index contributed by atoms with van der Waals surface area (Å²) in [5.41, 5.74) is 5.61. The predicted molar refractivity (Wildman–Crippen MR) is 319 cm³/mol. The quantitative estimate of drug-likeness (QED) is 0.0436. The molecule has 2 atom stereocenters. The molecule has 3 aliphatic heterocycles. The number of nitrogens with zero attached hydrogens (tertiary/aromatic N) is 12. The van der Waals surface area contributed by atoms with Crippen molar-refractivity contribution in [1.82, 2.24) is 35.2 Å². The molecular formula is C60H59F3N16O6. The Hall–Kier alpha value is -10.7. The summed E-state index contributed by atoms with van der Waals surface area (Å²) < 4.78 is 65.4. The Morgan fingerprint density at radius 3 is 1.42 bits per heavy atom. The van der Waals surface area contributed by atoms with Crippen molar-refractivity contribution in [2.45, 2.75) is 65.3 Å². The van der Waals surface area contributed by atoms with Crippen LogP contribution in [0.1, 0.15) is 63.6 Å². The lowest BCUT2D eigenvalue weighted by Gasteiger charge is -2.18. The van der Waals surface area contributed by atoms with E-state index in [-0.39, 0.29) is 49.2 Å². The summed E-state index contributed by atoms with van der Waals surface area (Å²) >= 11 is 0. The Kier molecular flexibility index (Phi) is 22.1. The SMILES string of the molecule is [C-]#[N+]c1cnc(NC2=NCC(c3c(OC)cccc3OCCCNC(=O)C(F)(F)F)=C2)cn1.[C-]#[N+]c1cnc(NC2=NCC(c3c(OC)cccc3O[C@@H](C)CC)=C2)cn1.[C-]#[N+]c1cnc(NC2=NCC(c3ccc(O[C@@H](C)CC)cc3)=C2)cn1. The van der Waals surface area contributed by atoms with E-state index in [2.05, 4.69) is 96.1 Å². The number of alkyl halides is 3. The van der Waals surface area contributed by atoms with Crippen molar-refractivity contribution >= 4 is 75.0 Å². The molecule has 0 fully saturated rings. The summed E-state index contributed by atoms with van der Waals surface area (Å²) in [5, 5.41) is 11.0. The molecule has 0 unspecified atom stereocenters. The second-order valence-electron chi connectivity index (χ2n) is 18.4. The first-order valence-corrected chi connectivity index (χ1v) is 26.5. The highest BCUT2D eigenvalue weighted by molar-refractivity contribution is 6.12. The molecule has 3 aromatic heterocycles. The topological polar surface area (TPSA) is 239 Å². The first kappa shape index (κ1) is 61.9. The predicted octanol–water partition coefficient (Wildman–Crippen LogP) is 11.6. The number of amidine groups is 3. The summed E-state index contributed by atoms with van der Waals surface area (Å²) in [6.07, 6.45) is 11.9. The Bertz CT molecular complexity index is 3610. The van der Waals surface area contributed by atoms with E-state index in [1.807, 2.05) is 61.5 Å². The Morgan fingerprint density at radius 2 is 1.00 bits per heavy atom. The molecule has 1 amide bonds. The number of carbonyl (C=O) groups is 1. The molecule has 0 radical (unpaired) electrons. The zero-order valence-corrected chi connectivity index (χ0v) is 47.2. The summed E-state index contributed by atoms with van der Waals surface area (Å²) in [6, 6.07) is 19.1. The maximum Gasteiger partial charge on any atom is 0.471 e. The minimum Gasteiger partial charge on any atom is -0.496 e. The van der Waals surface area contributed by atoms with Gasteiger partial charge in [-0.05, 0) is 110 Å². The second kappa shape index (κ2) is 30.4. The molecule has 0 aliphatic carbocycles. The van der Waals surface area contributed by atoms with Crippen LogP contribution in [-0.2, 0) is 4.79 Å². The van der Waals surface area contributed by atoms with Crippen LogP contribution in [0.3, 0.4) is 0 Å². The number of ether oxygens (including phenoxy) is 5. The maximum absolute atomic E-state index is 12.2. The molecule has 6 aromatic rings. The molecular weight excluding hydrogens is 1100 g/mol. The Labute approximate surface area is 489 Å². The summed E-state index contributed by atoms with van der Waals surface area (Å²) in [5.74, 6) is 5.63. The fourth-order valence-corrected chi connectivity index (χ4v) is 7.84. The van der Waals surface area contributed by atoms with Crippen LogP contribution in [0.25, 0.3) is 31.3 Å². The van der Waals surface area contributed by atoms with Gasteiger partial charge < -0.3 is 59.5 Å². The van der Waals surface area contributed by atoms with Gasteiger partial charge in [-0.15, -0.1) is 15.0 Å². The zero-order valence-electron chi connectivity index (χ0n) is 47.2. The number of halogens is 3. The van der Waals surface area contributed by atoms with E-state index in [9.17, 15) is 18.0 Å². The molecule has 22 nitrogen and oxygen atoms in total. The third kappa shape index (κ3) is 17.9. The fraction of sp³-hybridized carbons (Fsp3) is 0.283. The Morgan fingerprint density at radius 1 is 0.576 bits per heavy atom. The lowest BCUT2D eigenvalue weighted by Crippen LogP contribution is -2.37. The van der Waals surface area contributed by atoms with Crippen molar-refractivity contribution in [3.8, 4) is 28.7 Å². The number of aliphatic imine (C=N–C) groups is 3. The van der Waals surface area contributed by atoms with Crippen LogP contribution in [0.2, 0.25) is 0 Å². The van der Waals surface area contributed by atoms with Crippen LogP contribution >= 0.6 is 0 Å². The van der Waals surface area contributed by atoms with E-state index in [4.69, 9.17) is 43.4 Å². The van der Waals surface area contributed by atoms with E-state index >= 15 is 0 Å². The van der Waals surface area contributed by atoms with Gasteiger partial charge in [0.15, 0.2) is 36.0 Å². The standard InChI is InChI=1S/C21H19F3N6O3.C20H21N5O2.C19H19N5O/c1-25-17-11-29-18(12-28-17)30-16-9-13(10-27-16)19-14(32-2)5-3-6-15(19)33-8-4-7-26-20(31)21(22,23)24;1-5-13(2)27-16-8-6-7-15(26-4)20(16)14-9-17(22-10-14)25-19-12-23-18(21-3)11-24-19;1-4-13(2)25-16-7-5-14(6-8-16)15-9-17(21-10-15)24-19-12-22-18(20-3)11-23-19/h3,5-6,9,11-12H,4,7-8,10H2,2H3,(H,26,31)(H,27,29,30);6-9,11-13H,5,10H2,1-2,4H3,(H,22,24,25);5-9,11-13H,4,10H2,1-2H3,(H,21,23,24)/t;2*13-/m.00/s1. The molecule has 0 bridgehead atoms. The molecule has 25 heteroatoms. The van der Waals surface area contributed by atoms with E-state index in [1.54, 1.807) is 36.7 Å². The molecule has 0 spiro atoms. The number of rotatable bonds is 19. The average Bonchev–Trinajstić information content (AvgIpc) is 3.77. The van der Waals surface area contributed by atoms with Crippen LogP contribution in [0.5, 0.6) is 28.7 Å².